The zero-order chi connectivity index (χ0) is 22.7. The van der Waals surface area contributed by atoms with Crippen LogP contribution in [0.4, 0.5) is 4.39 Å². The minimum Gasteiger partial charge on any atom is -0.344 e. The van der Waals surface area contributed by atoms with Gasteiger partial charge in [0.1, 0.15) is 17.6 Å². The summed E-state index contributed by atoms with van der Waals surface area (Å²) in [7, 11) is -3.42. The van der Waals surface area contributed by atoms with Gasteiger partial charge in [0.2, 0.25) is 11.8 Å². The lowest BCUT2D eigenvalue weighted by Gasteiger charge is -2.34. The molecule has 1 saturated heterocycles. The van der Waals surface area contributed by atoms with Crippen molar-refractivity contribution in [1.29, 1.82) is 0 Å². The third-order valence-electron chi connectivity index (χ3n) is 5.44. The van der Waals surface area contributed by atoms with Crippen LogP contribution in [0.5, 0.6) is 0 Å². The molecule has 0 bridgehead atoms. The van der Waals surface area contributed by atoms with Gasteiger partial charge >= 0.3 is 0 Å². The average Bonchev–Trinajstić information content (AvgIpc) is 2.66. The van der Waals surface area contributed by atoms with Crippen molar-refractivity contribution in [3.63, 3.8) is 0 Å². The van der Waals surface area contributed by atoms with Crippen molar-refractivity contribution in [2.24, 2.45) is 5.92 Å². The van der Waals surface area contributed by atoms with E-state index < -0.39 is 38.8 Å². The van der Waals surface area contributed by atoms with E-state index in [1.165, 1.54) is 29.2 Å². The number of likely N-dealkylation sites (tertiary alicyclic amines) is 1. The molecule has 1 aromatic carbocycles. The van der Waals surface area contributed by atoms with Crippen molar-refractivity contribution in [2.75, 3.05) is 25.1 Å². The molecule has 9 heteroatoms. The van der Waals surface area contributed by atoms with Gasteiger partial charge in [0.25, 0.3) is 0 Å². The van der Waals surface area contributed by atoms with Crippen LogP contribution in [0, 0.1) is 11.7 Å². The number of sulfone groups is 1. The van der Waals surface area contributed by atoms with Crippen LogP contribution in [-0.4, -0.2) is 62.1 Å². The molecule has 0 aromatic heterocycles. The molecule has 166 valence electrons. The number of carbonyl (C=O) groups excluding carboxylic acids is 3. The molecule has 0 spiro atoms. The molecule has 1 aliphatic heterocycles. The normalized spacial score (nSPS) is 18.6. The van der Waals surface area contributed by atoms with Crippen LogP contribution >= 0.6 is 0 Å². The Balaban J connectivity index is 2.01. The van der Waals surface area contributed by atoms with Crippen molar-refractivity contribution in [3.05, 3.63) is 35.6 Å². The van der Waals surface area contributed by atoms with E-state index in [2.05, 4.69) is 5.32 Å². The molecule has 2 amide bonds. The number of hydrogen-bond acceptors (Lipinski definition) is 5. The topological polar surface area (TPSA) is 101 Å². The molecule has 0 aliphatic carbocycles. The van der Waals surface area contributed by atoms with Crippen LogP contribution in [0.25, 0.3) is 0 Å². The smallest absolute Gasteiger partial charge is 0.244 e. The van der Waals surface area contributed by atoms with E-state index in [9.17, 15) is 27.2 Å². The highest BCUT2D eigenvalue weighted by molar-refractivity contribution is 7.91. The second-order valence-corrected chi connectivity index (χ2v) is 10.6. The first-order chi connectivity index (χ1) is 13.8. The molecule has 0 unspecified atom stereocenters. The maximum atomic E-state index is 13.2. The van der Waals surface area contributed by atoms with E-state index >= 15 is 0 Å². The van der Waals surface area contributed by atoms with Gasteiger partial charge in [-0.05, 0) is 51.3 Å². The highest BCUT2D eigenvalue weighted by atomic mass is 32.2. The van der Waals surface area contributed by atoms with Crippen LogP contribution in [0.3, 0.4) is 0 Å². The number of halogens is 1. The van der Waals surface area contributed by atoms with Gasteiger partial charge in [0.15, 0.2) is 15.6 Å². The number of rotatable bonds is 7. The number of nitrogens with zero attached hydrogens (tertiary/aromatic N) is 1. The zero-order valence-corrected chi connectivity index (χ0v) is 18.6. The molecule has 30 heavy (non-hydrogen) atoms. The molecule has 2 atom stereocenters. The van der Waals surface area contributed by atoms with Gasteiger partial charge in [0.05, 0.1) is 5.41 Å². The zero-order valence-electron chi connectivity index (χ0n) is 17.8. The summed E-state index contributed by atoms with van der Waals surface area (Å²) in [6.07, 6.45) is 2.14. The Morgan fingerprint density at radius 1 is 1.23 bits per heavy atom. The fourth-order valence-electron chi connectivity index (χ4n) is 3.53. The van der Waals surface area contributed by atoms with E-state index in [-0.39, 0.29) is 24.1 Å². The number of amides is 2. The lowest BCUT2D eigenvalue weighted by atomic mass is 9.83. The van der Waals surface area contributed by atoms with Crippen LogP contribution in [0.2, 0.25) is 0 Å². The number of Topliss-reactive ketones (excluding diaryl/α,β-unsaturated/α-hetero) is 1. The summed E-state index contributed by atoms with van der Waals surface area (Å²) in [5.74, 6) is -2.53. The van der Waals surface area contributed by atoms with E-state index in [0.29, 0.717) is 24.9 Å². The standard InChI is InChI=1S/C21H29FN2O5S/c1-14(23-20(27)21(2,3)16-7-9-17(22)10-8-16)19(26)24-11-5-6-15(12-24)18(25)13-30(4,28)29/h7-10,14-15H,5-6,11-13H2,1-4H3,(H,23,27)/t14-,15+/m1/s1. The number of piperidine rings is 1. The Hall–Kier alpha value is -2.29. The Labute approximate surface area is 176 Å². The molecule has 0 radical (unpaired) electrons. The van der Waals surface area contributed by atoms with Crippen molar-refractivity contribution < 1.29 is 27.2 Å². The molecular weight excluding hydrogens is 411 g/mol. The molecule has 1 aliphatic rings. The van der Waals surface area contributed by atoms with Gasteiger partial charge in [0, 0.05) is 25.3 Å². The van der Waals surface area contributed by atoms with E-state index in [1.807, 2.05) is 0 Å². The second-order valence-electron chi connectivity index (χ2n) is 8.49. The van der Waals surface area contributed by atoms with Crippen molar-refractivity contribution in [3.8, 4) is 0 Å². The highest BCUT2D eigenvalue weighted by Gasteiger charge is 2.35. The number of carbonyl (C=O) groups is 3. The maximum Gasteiger partial charge on any atom is 0.244 e. The molecule has 0 saturated carbocycles. The molecular formula is C21H29FN2O5S. The largest absolute Gasteiger partial charge is 0.344 e. The lowest BCUT2D eigenvalue weighted by Crippen LogP contribution is -2.53. The molecule has 7 nitrogen and oxygen atoms in total. The van der Waals surface area contributed by atoms with E-state index in [0.717, 1.165) is 6.26 Å². The number of hydrogen-bond donors (Lipinski definition) is 1. The lowest BCUT2D eigenvalue weighted by molar-refractivity contribution is -0.139. The Morgan fingerprint density at radius 3 is 2.40 bits per heavy atom. The highest BCUT2D eigenvalue weighted by Crippen LogP contribution is 2.24. The fraction of sp³-hybridized carbons (Fsp3) is 0.571. The van der Waals surface area contributed by atoms with Crippen LogP contribution < -0.4 is 5.32 Å². The number of nitrogens with one attached hydrogen (secondary N) is 1. The predicted molar refractivity (Wildman–Crippen MR) is 111 cm³/mol. The first-order valence-electron chi connectivity index (χ1n) is 9.87. The maximum absolute atomic E-state index is 13.2. The van der Waals surface area contributed by atoms with Gasteiger partial charge in [-0.25, -0.2) is 12.8 Å². The third-order valence-corrected chi connectivity index (χ3v) is 6.25. The van der Waals surface area contributed by atoms with E-state index in [4.69, 9.17) is 0 Å². The summed E-state index contributed by atoms with van der Waals surface area (Å²) in [4.78, 5) is 39.3. The summed E-state index contributed by atoms with van der Waals surface area (Å²) in [6, 6.07) is 4.80. The first-order valence-corrected chi connectivity index (χ1v) is 11.9. The van der Waals surface area contributed by atoms with Gasteiger partial charge in [-0.3, -0.25) is 14.4 Å². The number of benzene rings is 1. The van der Waals surface area contributed by atoms with Crippen LogP contribution in [-0.2, 0) is 29.6 Å². The monoisotopic (exact) mass is 440 g/mol. The summed E-state index contributed by atoms with van der Waals surface area (Å²) in [6.45, 7) is 5.54. The summed E-state index contributed by atoms with van der Waals surface area (Å²) >= 11 is 0. The Morgan fingerprint density at radius 2 is 1.83 bits per heavy atom. The number of ketones is 1. The fourth-order valence-corrected chi connectivity index (χ4v) is 4.28. The van der Waals surface area contributed by atoms with Crippen LogP contribution in [0.1, 0.15) is 39.2 Å². The molecule has 1 heterocycles. The van der Waals surface area contributed by atoms with Crippen molar-refractivity contribution >= 4 is 27.4 Å². The quantitative estimate of drug-likeness (QED) is 0.692. The van der Waals surface area contributed by atoms with Gasteiger partial charge < -0.3 is 10.2 Å². The first kappa shape index (κ1) is 24.0. The van der Waals surface area contributed by atoms with Gasteiger partial charge in [-0.2, -0.15) is 0 Å². The predicted octanol–water partition coefficient (Wildman–Crippen LogP) is 1.46. The Kier molecular flexibility index (Phi) is 7.39. The minimum atomic E-state index is -3.42. The Bertz CT molecular complexity index is 912. The minimum absolute atomic E-state index is 0.148. The van der Waals surface area contributed by atoms with Gasteiger partial charge in [-0.1, -0.05) is 12.1 Å². The third kappa shape index (κ3) is 6.10. The van der Waals surface area contributed by atoms with Crippen molar-refractivity contribution in [2.45, 2.75) is 45.1 Å². The van der Waals surface area contributed by atoms with Crippen molar-refractivity contribution in [1.82, 2.24) is 10.2 Å². The molecule has 1 N–H and O–H groups in total. The molecule has 1 aromatic rings. The SMILES string of the molecule is C[C@@H](NC(=O)C(C)(C)c1ccc(F)cc1)C(=O)N1CCC[C@H](C(=O)CS(C)(=O)=O)C1. The second kappa shape index (κ2) is 9.24. The van der Waals surface area contributed by atoms with Crippen LogP contribution in [0.15, 0.2) is 24.3 Å². The summed E-state index contributed by atoms with van der Waals surface area (Å²) in [5.41, 5.74) is -0.358. The average molecular weight is 441 g/mol. The van der Waals surface area contributed by atoms with E-state index in [1.54, 1.807) is 20.8 Å². The van der Waals surface area contributed by atoms with Gasteiger partial charge in [-0.15, -0.1) is 0 Å². The molecule has 2 rings (SSSR count). The summed E-state index contributed by atoms with van der Waals surface area (Å²) in [5, 5.41) is 2.71. The molecule has 1 fully saturated rings. The summed E-state index contributed by atoms with van der Waals surface area (Å²) < 4.78 is 35.9.